The van der Waals surface area contributed by atoms with Crippen molar-refractivity contribution in [1.29, 1.82) is 0 Å². The molecule has 1 aliphatic rings. The van der Waals surface area contributed by atoms with Crippen LogP contribution in [0.15, 0.2) is 0 Å². The van der Waals surface area contributed by atoms with Crippen LogP contribution in [0.25, 0.3) is 0 Å². The third-order valence-electron chi connectivity index (χ3n) is 1.60. The van der Waals surface area contributed by atoms with Crippen molar-refractivity contribution in [3.8, 4) is 0 Å². The monoisotopic (exact) mass is 196 g/mol. The molecular weight excluding hydrogens is 183 g/mol. The highest BCUT2D eigenvalue weighted by molar-refractivity contribution is 7.52. The molecule has 2 atom stereocenters. The van der Waals surface area contributed by atoms with Crippen molar-refractivity contribution in [2.75, 3.05) is 20.1 Å². The van der Waals surface area contributed by atoms with Crippen LogP contribution in [0.3, 0.4) is 0 Å². The van der Waals surface area contributed by atoms with Gasteiger partial charge in [0.05, 0.1) is 0 Å². The Morgan fingerprint density at radius 2 is 2.50 bits per heavy atom. The van der Waals surface area contributed by atoms with Crippen LogP contribution < -0.4 is 0 Å². The van der Waals surface area contributed by atoms with Crippen molar-refractivity contribution in [3.63, 3.8) is 0 Å². The van der Waals surface area contributed by atoms with Gasteiger partial charge in [0.1, 0.15) is 0 Å². The first-order valence-corrected chi connectivity index (χ1v) is 5.51. The van der Waals surface area contributed by atoms with Crippen LogP contribution in [0.4, 0.5) is 0 Å². The molecule has 0 radical (unpaired) electrons. The van der Waals surface area contributed by atoms with Gasteiger partial charge in [-0.2, -0.15) is 0 Å². The first kappa shape index (κ1) is 10.2. The van der Waals surface area contributed by atoms with Crippen molar-refractivity contribution in [2.45, 2.75) is 19.1 Å². The van der Waals surface area contributed by atoms with Crippen LogP contribution in [-0.2, 0) is 18.6 Å². The summed E-state index contributed by atoms with van der Waals surface area (Å²) in [6, 6.07) is 0. The Morgan fingerprint density at radius 1 is 1.75 bits per heavy atom. The lowest BCUT2D eigenvalue weighted by molar-refractivity contribution is -0.0990. The number of hydrogen-bond donors (Lipinski definition) is 1. The predicted octanol–water partition coefficient (Wildman–Crippen LogP) is 0.929. The van der Waals surface area contributed by atoms with Gasteiger partial charge in [-0.1, -0.05) is 0 Å². The van der Waals surface area contributed by atoms with Crippen molar-refractivity contribution in [1.82, 2.24) is 0 Å². The molecule has 1 N–H and O–H groups in total. The summed E-state index contributed by atoms with van der Waals surface area (Å²) in [6.45, 7) is 0.660. The lowest BCUT2D eigenvalue weighted by atomic mass is 10.4. The molecule has 0 amide bonds. The van der Waals surface area contributed by atoms with Crippen molar-refractivity contribution < 1.29 is 23.5 Å². The average Bonchev–Trinajstić information content (AvgIpc) is 2.53. The highest BCUT2D eigenvalue weighted by atomic mass is 31.2. The zero-order chi connectivity index (χ0) is 9.03. The van der Waals surface area contributed by atoms with Gasteiger partial charge >= 0.3 is 7.60 Å². The molecule has 0 aromatic rings. The van der Waals surface area contributed by atoms with E-state index in [9.17, 15) is 4.57 Å². The molecule has 2 unspecified atom stereocenters. The van der Waals surface area contributed by atoms with Crippen molar-refractivity contribution in [3.05, 3.63) is 0 Å². The Labute approximate surface area is 71.2 Å². The smallest absolute Gasteiger partial charge is 0.353 e. The maximum atomic E-state index is 10.9. The fraction of sp³-hybridized carbons (Fsp3) is 1.00. The topological polar surface area (TPSA) is 65.0 Å². The molecule has 0 saturated carbocycles. The average molecular weight is 196 g/mol. The lowest BCUT2D eigenvalue weighted by Crippen LogP contribution is -2.11. The van der Waals surface area contributed by atoms with E-state index in [-0.39, 0.29) is 12.6 Å². The third-order valence-corrected chi connectivity index (χ3v) is 2.64. The fourth-order valence-corrected chi connectivity index (χ4v) is 1.37. The van der Waals surface area contributed by atoms with E-state index in [0.29, 0.717) is 6.61 Å². The van der Waals surface area contributed by atoms with E-state index < -0.39 is 7.60 Å². The largest absolute Gasteiger partial charge is 0.353 e. The molecule has 0 bridgehead atoms. The highest BCUT2D eigenvalue weighted by Gasteiger charge is 2.23. The zero-order valence-corrected chi connectivity index (χ0v) is 7.83. The second kappa shape index (κ2) is 4.35. The molecule has 6 heteroatoms. The first-order chi connectivity index (χ1) is 5.64. The summed E-state index contributed by atoms with van der Waals surface area (Å²) in [6.07, 6.45) is 1.09. The second-order valence-corrected chi connectivity index (χ2v) is 4.46. The molecule has 1 heterocycles. The minimum atomic E-state index is -3.53. The molecule has 0 aromatic heterocycles. The van der Waals surface area contributed by atoms with Crippen LogP contribution in [-0.4, -0.2) is 31.2 Å². The normalized spacial score (nSPS) is 28.7. The number of ether oxygens (including phenoxy) is 2. The van der Waals surface area contributed by atoms with Gasteiger partial charge in [0.15, 0.2) is 12.6 Å². The predicted molar refractivity (Wildman–Crippen MR) is 41.8 cm³/mol. The lowest BCUT2D eigenvalue weighted by Gasteiger charge is -2.13. The van der Waals surface area contributed by atoms with Crippen LogP contribution in [0.1, 0.15) is 12.8 Å². The Hall–Kier alpha value is 0.0700. The van der Waals surface area contributed by atoms with Gasteiger partial charge in [-0.15, -0.1) is 0 Å². The standard InChI is InChI=1S/C6H13O5P/c1-9-12(7,8)5-11-6-3-2-4-10-6/h6H,2-5H2,1H3,(H,7,8). The Bertz CT molecular complexity index is 177. The molecule has 1 saturated heterocycles. The van der Waals surface area contributed by atoms with Gasteiger partial charge in [-0.25, -0.2) is 0 Å². The van der Waals surface area contributed by atoms with Crippen LogP contribution in [0.5, 0.6) is 0 Å². The maximum Gasteiger partial charge on any atom is 0.353 e. The van der Waals surface area contributed by atoms with Crippen LogP contribution in [0.2, 0.25) is 0 Å². The summed E-state index contributed by atoms with van der Waals surface area (Å²) < 4.78 is 25.3. The Morgan fingerprint density at radius 3 is 3.00 bits per heavy atom. The van der Waals surface area contributed by atoms with Crippen molar-refractivity contribution in [2.24, 2.45) is 0 Å². The molecule has 72 valence electrons. The Kier molecular flexibility index (Phi) is 3.68. The summed E-state index contributed by atoms with van der Waals surface area (Å²) in [5.74, 6) is 0. The summed E-state index contributed by atoms with van der Waals surface area (Å²) in [7, 11) is -2.35. The Balaban J connectivity index is 2.20. The zero-order valence-electron chi connectivity index (χ0n) is 6.93. The molecule has 1 rings (SSSR count). The molecule has 1 aliphatic heterocycles. The molecule has 5 nitrogen and oxygen atoms in total. The SMILES string of the molecule is COP(=O)(O)COC1CCCO1. The maximum absolute atomic E-state index is 10.9. The van der Waals surface area contributed by atoms with E-state index in [4.69, 9.17) is 14.4 Å². The van der Waals surface area contributed by atoms with E-state index in [1.54, 1.807) is 0 Å². The molecule has 0 aliphatic carbocycles. The first-order valence-electron chi connectivity index (χ1n) is 3.75. The molecular formula is C6H13O5P. The summed E-state index contributed by atoms with van der Waals surface area (Å²) in [4.78, 5) is 8.94. The van der Waals surface area contributed by atoms with Gasteiger partial charge in [-0.05, 0) is 6.42 Å². The van der Waals surface area contributed by atoms with Gasteiger partial charge in [-0.3, -0.25) is 4.57 Å². The molecule has 1 fully saturated rings. The summed E-state index contributed by atoms with van der Waals surface area (Å²) in [5.41, 5.74) is 0. The summed E-state index contributed by atoms with van der Waals surface area (Å²) >= 11 is 0. The minimum absolute atomic E-state index is 0.297. The number of hydrogen-bond acceptors (Lipinski definition) is 4. The van der Waals surface area contributed by atoms with Crippen LogP contribution >= 0.6 is 7.60 Å². The van der Waals surface area contributed by atoms with Crippen LogP contribution in [0, 0.1) is 0 Å². The van der Waals surface area contributed by atoms with Gasteiger partial charge in [0, 0.05) is 20.1 Å². The quantitative estimate of drug-likeness (QED) is 0.677. The third kappa shape index (κ3) is 3.21. The van der Waals surface area contributed by atoms with E-state index in [1.165, 1.54) is 7.11 Å². The van der Waals surface area contributed by atoms with E-state index in [1.807, 2.05) is 0 Å². The molecule has 12 heavy (non-hydrogen) atoms. The number of rotatable bonds is 4. The van der Waals surface area contributed by atoms with Crippen molar-refractivity contribution >= 4 is 7.60 Å². The van der Waals surface area contributed by atoms with Gasteiger partial charge in [0.2, 0.25) is 0 Å². The highest BCUT2D eigenvalue weighted by Crippen LogP contribution is 2.41. The second-order valence-electron chi connectivity index (χ2n) is 2.56. The van der Waals surface area contributed by atoms with Gasteiger partial charge < -0.3 is 18.9 Å². The van der Waals surface area contributed by atoms with Gasteiger partial charge in [0.25, 0.3) is 0 Å². The summed E-state index contributed by atoms with van der Waals surface area (Å²) in [5, 5.41) is 0. The van der Waals surface area contributed by atoms with E-state index in [0.717, 1.165) is 12.8 Å². The van der Waals surface area contributed by atoms with E-state index in [2.05, 4.69) is 4.52 Å². The molecule has 0 spiro atoms. The fourth-order valence-electron chi connectivity index (χ4n) is 0.910. The minimum Gasteiger partial charge on any atom is -0.353 e. The van der Waals surface area contributed by atoms with E-state index >= 15 is 0 Å². The molecule has 0 aromatic carbocycles.